The van der Waals surface area contributed by atoms with Gasteiger partial charge in [-0.2, -0.15) is 0 Å². The van der Waals surface area contributed by atoms with Gasteiger partial charge in [-0.1, -0.05) is 31.2 Å². The Hall–Kier alpha value is -1.94. The monoisotopic (exact) mass is 283 g/mol. The Morgan fingerprint density at radius 3 is 2.33 bits per heavy atom. The first kappa shape index (κ1) is 14.0. The van der Waals surface area contributed by atoms with Crippen LogP contribution in [-0.2, 0) is 6.42 Å². The van der Waals surface area contributed by atoms with E-state index >= 15 is 0 Å². The highest BCUT2D eigenvalue weighted by atomic mass is 16.3. The molecule has 4 nitrogen and oxygen atoms in total. The minimum absolute atomic E-state index is 0.162. The Kier molecular flexibility index (Phi) is 4.15. The average molecular weight is 283 g/mol. The highest BCUT2D eigenvalue weighted by Crippen LogP contribution is 2.21. The van der Waals surface area contributed by atoms with Gasteiger partial charge in [-0.15, -0.1) is 10.2 Å². The molecule has 0 amide bonds. The first-order chi connectivity index (χ1) is 10.3. The SMILES string of the molecule is CCc1ccc(-c2ccc(N3CCC(O)CC3)nn2)cc1. The molecule has 1 saturated heterocycles. The molecule has 1 aromatic heterocycles. The fraction of sp³-hybridized carbons (Fsp3) is 0.412. The van der Waals surface area contributed by atoms with Crippen LogP contribution < -0.4 is 4.90 Å². The lowest BCUT2D eigenvalue weighted by Crippen LogP contribution is -2.36. The molecule has 1 aliphatic rings. The van der Waals surface area contributed by atoms with Crippen LogP contribution in [0.1, 0.15) is 25.3 Å². The van der Waals surface area contributed by atoms with Crippen molar-refractivity contribution in [2.45, 2.75) is 32.3 Å². The van der Waals surface area contributed by atoms with Crippen molar-refractivity contribution in [2.24, 2.45) is 0 Å². The second-order valence-electron chi connectivity index (χ2n) is 5.55. The maximum atomic E-state index is 9.55. The van der Waals surface area contributed by atoms with Gasteiger partial charge in [-0.05, 0) is 37.0 Å². The van der Waals surface area contributed by atoms with Gasteiger partial charge in [0.1, 0.15) is 0 Å². The van der Waals surface area contributed by atoms with Crippen molar-refractivity contribution in [2.75, 3.05) is 18.0 Å². The van der Waals surface area contributed by atoms with Crippen LogP contribution in [0.3, 0.4) is 0 Å². The molecule has 0 spiro atoms. The van der Waals surface area contributed by atoms with Gasteiger partial charge in [0.25, 0.3) is 0 Å². The Bertz CT molecular complexity index is 572. The zero-order chi connectivity index (χ0) is 14.7. The maximum absolute atomic E-state index is 9.55. The first-order valence-corrected chi connectivity index (χ1v) is 7.62. The van der Waals surface area contributed by atoms with Crippen molar-refractivity contribution in [1.82, 2.24) is 10.2 Å². The fourth-order valence-corrected chi connectivity index (χ4v) is 2.65. The summed E-state index contributed by atoms with van der Waals surface area (Å²) in [6.45, 7) is 3.85. The number of hydrogen-bond acceptors (Lipinski definition) is 4. The quantitative estimate of drug-likeness (QED) is 0.941. The molecule has 0 aliphatic carbocycles. The molecule has 0 saturated carbocycles. The van der Waals surface area contributed by atoms with Crippen LogP contribution >= 0.6 is 0 Å². The van der Waals surface area contributed by atoms with E-state index in [1.807, 2.05) is 12.1 Å². The molecular formula is C17H21N3O. The highest BCUT2D eigenvalue weighted by molar-refractivity contribution is 5.60. The fourth-order valence-electron chi connectivity index (χ4n) is 2.65. The highest BCUT2D eigenvalue weighted by Gasteiger charge is 2.18. The van der Waals surface area contributed by atoms with Crippen LogP contribution in [0, 0.1) is 0 Å². The molecule has 21 heavy (non-hydrogen) atoms. The van der Waals surface area contributed by atoms with Crippen LogP contribution in [0.4, 0.5) is 5.82 Å². The second kappa shape index (κ2) is 6.22. The van der Waals surface area contributed by atoms with Crippen LogP contribution in [0.2, 0.25) is 0 Å². The minimum atomic E-state index is -0.162. The van der Waals surface area contributed by atoms with E-state index in [4.69, 9.17) is 0 Å². The summed E-state index contributed by atoms with van der Waals surface area (Å²) in [6.07, 6.45) is 2.50. The zero-order valence-corrected chi connectivity index (χ0v) is 12.4. The normalized spacial score (nSPS) is 16.2. The number of benzene rings is 1. The topological polar surface area (TPSA) is 49.2 Å². The first-order valence-electron chi connectivity index (χ1n) is 7.62. The molecule has 4 heteroatoms. The van der Waals surface area contributed by atoms with E-state index < -0.39 is 0 Å². The largest absolute Gasteiger partial charge is 0.393 e. The Morgan fingerprint density at radius 1 is 1.05 bits per heavy atom. The van der Waals surface area contributed by atoms with Gasteiger partial charge < -0.3 is 10.0 Å². The van der Waals surface area contributed by atoms with Crippen molar-refractivity contribution in [3.8, 4) is 11.3 Å². The van der Waals surface area contributed by atoms with E-state index in [1.165, 1.54) is 5.56 Å². The summed E-state index contributed by atoms with van der Waals surface area (Å²) in [5, 5.41) is 18.2. The van der Waals surface area contributed by atoms with Crippen LogP contribution in [0.15, 0.2) is 36.4 Å². The van der Waals surface area contributed by atoms with Crippen LogP contribution in [0.5, 0.6) is 0 Å². The molecule has 0 unspecified atom stereocenters. The van der Waals surface area contributed by atoms with Gasteiger partial charge in [-0.25, -0.2) is 0 Å². The van der Waals surface area contributed by atoms with Gasteiger partial charge in [0.05, 0.1) is 11.8 Å². The van der Waals surface area contributed by atoms with Gasteiger partial charge in [0, 0.05) is 18.7 Å². The van der Waals surface area contributed by atoms with Crippen molar-refractivity contribution in [3.05, 3.63) is 42.0 Å². The van der Waals surface area contributed by atoms with Gasteiger partial charge in [-0.3, -0.25) is 0 Å². The van der Waals surface area contributed by atoms with Gasteiger partial charge in [0.15, 0.2) is 5.82 Å². The molecule has 1 aliphatic heterocycles. The number of nitrogens with zero attached hydrogens (tertiary/aromatic N) is 3. The maximum Gasteiger partial charge on any atom is 0.151 e. The number of aryl methyl sites for hydroxylation is 1. The summed E-state index contributed by atoms with van der Waals surface area (Å²) in [6, 6.07) is 12.5. The predicted octanol–water partition coefficient (Wildman–Crippen LogP) is 2.67. The summed E-state index contributed by atoms with van der Waals surface area (Å²) in [5.74, 6) is 0.899. The van der Waals surface area contributed by atoms with E-state index in [0.717, 1.165) is 49.4 Å². The minimum Gasteiger partial charge on any atom is -0.393 e. The third-order valence-electron chi connectivity index (χ3n) is 4.10. The Labute approximate surface area is 125 Å². The molecule has 1 aromatic carbocycles. The summed E-state index contributed by atoms with van der Waals surface area (Å²) < 4.78 is 0. The van der Waals surface area contributed by atoms with E-state index in [2.05, 4.69) is 46.3 Å². The molecule has 110 valence electrons. The smallest absolute Gasteiger partial charge is 0.151 e. The summed E-state index contributed by atoms with van der Waals surface area (Å²) in [7, 11) is 0. The van der Waals surface area contributed by atoms with E-state index in [1.54, 1.807) is 0 Å². The van der Waals surface area contributed by atoms with Gasteiger partial charge in [0.2, 0.25) is 0 Å². The Balaban J connectivity index is 1.74. The number of piperidine rings is 1. The zero-order valence-electron chi connectivity index (χ0n) is 12.4. The Morgan fingerprint density at radius 2 is 1.76 bits per heavy atom. The number of aromatic nitrogens is 2. The van der Waals surface area contributed by atoms with E-state index in [0.29, 0.717) is 0 Å². The summed E-state index contributed by atoms with van der Waals surface area (Å²) in [4.78, 5) is 2.18. The van der Waals surface area contributed by atoms with E-state index in [-0.39, 0.29) is 6.10 Å². The van der Waals surface area contributed by atoms with Crippen molar-refractivity contribution in [1.29, 1.82) is 0 Å². The predicted molar refractivity (Wildman–Crippen MR) is 84.3 cm³/mol. The molecule has 0 bridgehead atoms. The third-order valence-corrected chi connectivity index (χ3v) is 4.10. The third kappa shape index (κ3) is 3.22. The van der Waals surface area contributed by atoms with Crippen LogP contribution in [0.25, 0.3) is 11.3 Å². The molecule has 1 N–H and O–H groups in total. The standard InChI is InChI=1S/C17H21N3O/c1-2-13-3-5-14(6-4-13)16-7-8-17(19-18-16)20-11-9-15(21)10-12-20/h3-8,15,21H,2,9-12H2,1H3. The van der Waals surface area contributed by atoms with Crippen molar-refractivity contribution < 1.29 is 5.11 Å². The average Bonchev–Trinajstić information content (AvgIpc) is 2.56. The molecular weight excluding hydrogens is 262 g/mol. The summed E-state index contributed by atoms with van der Waals surface area (Å²) in [5.41, 5.74) is 3.33. The lowest BCUT2D eigenvalue weighted by atomic mass is 10.1. The molecule has 0 atom stereocenters. The molecule has 2 heterocycles. The number of aliphatic hydroxyl groups excluding tert-OH is 1. The van der Waals surface area contributed by atoms with E-state index in [9.17, 15) is 5.11 Å². The lowest BCUT2D eigenvalue weighted by Gasteiger charge is -2.30. The van der Waals surface area contributed by atoms with Crippen molar-refractivity contribution in [3.63, 3.8) is 0 Å². The summed E-state index contributed by atoms with van der Waals surface area (Å²) >= 11 is 0. The number of rotatable bonds is 3. The lowest BCUT2D eigenvalue weighted by molar-refractivity contribution is 0.145. The number of hydrogen-bond donors (Lipinski definition) is 1. The molecule has 2 aromatic rings. The molecule has 3 rings (SSSR count). The second-order valence-corrected chi connectivity index (χ2v) is 5.55. The molecule has 1 fully saturated rings. The number of anilines is 1. The van der Waals surface area contributed by atoms with Crippen molar-refractivity contribution >= 4 is 5.82 Å². The van der Waals surface area contributed by atoms with Crippen LogP contribution in [-0.4, -0.2) is 34.5 Å². The molecule has 0 radical (unpaired) electrons. The van der Waals surface area contributed by atoms with Gasteiger partial charge >= 0.3 is 0 Å². The number of aliphatic hydroxyl groups is 1.